The number of rotatable bonds is 4. The molecule has 0 aliphatic heterocycles. The first-order valence-corrected chi connectivity index (χ1v) is 10.7. The van der Waals surface area contributed by atoms with Gasteiger partial charge in [-0.3, -0.25) is 4.79 Å². The Kier molecular flexibility index (Phi) is 5.46. The molecule has 3 aromatic heterocycles. The van der Waals surface area contributed by atoms with Crippen LogP contribution in [0, 0.1) is 2.88 Å². The summed E-state index contributed by atoms with van der Waals surface area (Å²) in [6.45, 7) is 3.50. The Morgan fingerprint density at radius 1 is 1.31 bits per heavy atom. The number of alkyl halides is 3. The summed E-state index contributed by atoms with van der Waals surface area (Å²) < 4.78 is 43.5. The highest BCUT2D eigenvalue weighted by Gasteiger charge is 2.35. The summed E-state index contributed by atoms with van der Waals surface area (Å²) in [5.41, 5.74) is -1.38. The van der Waals surface area contributed by atoms with Crippen molar-refractivity contribution in [2.45, 2.75) is 31.5 Å². The summed E-state index contributed by atoms with van der Waals surface area (Å²) in [5.74, 6) is 1.38. The quantitative estimate of drug-likeness (QED) is 0.355. The number of nitrogens with zero attached hydrogens (tertiary/aromatic N) is 3. The van der Waals surface area contributed by atoms with Crippen LogP contribution in [0.15, 0.2) is 21.8 Å². The molecule has 3 rings (SSSR count). The van der Waals surface area contributed by atoms with E-state index in [0.29, 0.717) is 5.82 Å². The van der Waals surface area contributed by atoms with E-state index in [1.807, 2.05) is 13.0 Å². The van der Waals surface area contributed by atoms with E-state index in [1.165, 1.54) is 18.3 Å². The van der Waals surface area contributed by atoms with Crippen LogP contribution in [-0.4, -0.2) is 19.9 Å². The van der Waals surface area contributed by atoms with Crippen LogP contribution in [0.5, 0.6) is 0 Å². The van der Waals surface area contributed by atoms with Gasteiger partial charge in [0.25, 0.3) is 5.56 Å². The van der Waals surface area contributed by atoms with Gasteiger partial charge in [0, 0.05) is 18.5 Å². The second-order valence-corrected chi connectivity index (χ2v) is 9.73. The van der Waals surface area contributed by atoms with E-state index in [1.54, 1.807) is 23.4 Å². The lowest BCUT2D eigenvalue weighted by Crippen LogP contribution is -2.28. The van der Waals surface area contributed by atoms with Crippen molar-refractivity contribution in [2.24, 2.45) is 7.05 Å². The van der Waals surface area contributed by atoms with Crippen LogP contribution in [0.3, 0.4) is 0 Å². The van der Waals surface area contributed by atoms with Gasteiger partial charge in [-0.2, -0.15) is 13.2 Å². The zero-order valence-electron chi connectivity index (χ0n) is 14.1. The molecule has 0 aliphatic rings. The maximum Gasteiger partial charge on any atom is 0.431 e. The predicted octanol–water partition coefficient (Wildman–Crippen LogP) is 5.22. The lowest BCUT2D eigenvalue weighted by molar-refractivity contribution is -0.144. The number of aromatic nitrogens is 3. The number of pyridine rings is 1. The van der Waals surface area contributed by atoms with Crippen molar-refractivity contribution in [1.29, 1.82) is 0 Å². The zero-order chi connectivity index (χ0) is 19.2. The van der Waals surface area contributed by atoms with E-state index in [2.05, 4.69) is 27.6 Å². The lowest BCUT2D eigenvalue weighted by atomic mass is 10.3. The molecule has 0 spiro atoms. The third-order valence-electron chi connectivity index (χ3n) is 3.91. The Morgan fingerprint density at radius 2 is 2.00 bits per heavy atom. The largest absolute Gasteiger partial charge is 0.431 e. The molecule has 4 nitrogen and oxygen atoms in total. The molecule has 26 heavy (non-hydrogen) atoms. The highest BCUT2D eigenvalue weighted by atomic mass is 127. The van der Waals surface area contributed by atoms with Crippen LogP contribution >= 0.6 is 45.7 Å². The van der Waals surface area contributed by atoms with Crippen molar-refractivity contribution < 1.29 is 13.2 Å². The number of hydrogen-bond acceptors (Lipinski definition) is 4. The van der Waals surface area contributed by atoms with Crippen molar-refractivity contribution in [3.05, 3.63) is 31.1 Å². The van der Waals surface area contributed by atoms with Crippen LogP contribution in [0.2, 0.25) is 0 Å². The third-order valence-corrected chi connectivity index (χ3v) is 6.85. The highest BCUT2D eigenvalue weighted by Crippen LogP contribution is 2.40. The predicted molar refractivity (Wildman–Crippen MR) is 108 cm³/mol. The minimum atomic E-state index is -4.61. The minimum absolute atomic E-state index is 0.0576. The first-order chi connectivity index (χ1) is 12.2. The number of hydrogen-bond donors (Lipinski definition) is 0. The summed E-state index contributed by atoms with van der Waals surface area (Å²) in [7, 11) is 1.67. The van der Waals surface area contributed by atoms with Crippen LogP contribution in [-0.2, 0) is 19.8 Å². The monoisotopic (exact) mass is 513 g/mol. The molecule has 3 aromatic rings. The van der Waals surface area contributed by atoms with Gasteiger partial charge < -0.3 is 9.13 Å². The number of thioether (sulfide) groups is 1. The molecule has 0 radical (unpaired) electrons. The van der Waals surface area contributed by atoms with Gasteiger partial charge in [-0.25, -0.2) is 4.98 Å². The fourth-order valence-corrected chi connectivity index (χ4v) is 5.93. The maximum absolute atomic E-state index is 13.3. The molecular weight excluding hydrogens is 498 g/mol. The van der Waals surface area contributed by atoms with Gasteiger partial charge in [0.15, 0.2) is 5.82 Å². The van der Waals surface area contributed by atoms with E-state index >= 15 is 0 Å². The Morgan fingerprint density at radius 3 is 2.58 bits per heavy atom. The standard InChI is InChI=1S/C16H15F3IN3OS2/c1-4-23-10(16(17,18)19)6-8-12(15(23)24)22(3)14(21-8)13-9(25-5-2)7-11(20)26-13/h6-7H,4-5H2,1-3H3. The smallest absolute Gasteiger partial charge is 0.322 e. The SMILES string of the molecule is CCSc1cc(I)sc1-c1nc2cc(C(F)(F)F)n(CC)c(=O)c2n1C. The van der Waals surface area contributed by atoms with Gasteiger partial charge in [0.2, 0.25) is 0 Å². The van der Waals surface area contributed by atoms with E-state index in [9.17, 15) is 18.0 Å². The molecule has 10 heteroatoms. The van der Waals surface area contributed by atoms with Crippen molar-refractivity contribution >= 4 is 56.7 Å². The Labute approximate surface area is 169 Å². The van der Waals surface area contributed by atoms with E-state index in [4.69, 9.17) is 0 Å². The number of imidazole rings is 1. The van der Waals surface area contributed by atoms with Crippen LogP contribution in [0.1, 0.15) is 19.5 Å². The molecule has 0 N–H and O–H groups in total. The average Bonchev–Trinajstić information content (AvgIpc) is 3.07. The summed E-state index contributed by atoms with van der Waals surface area (Å²) in [4.78, 5) is 19.0. The summed E-state index contributed by atoms with van der Waals surface area (Å²) in [5, 5.41) is 0. The second-order valence-electron chi connectivity index (χ2n) is 5.48. The normalized spacial score (nSPS) is 12.3. The molecule has 140 valence electrons. The summed E-state index contributed by atoms with van der Waals surface area (Å²) in [6, 6.07) is 2.99. The second kappa shape index (κ2) is 7.19. The van der Waals surface area contributed by atoms with Crippen LogP contribution in [0.25, 0.3) is 21.7 Å². The molecule has 0 aliphatic carbocycles. The Hall–Kier alpha value is -1.01. The fourth-order valence-electron chi connectivity index (χ4n) is 2.83. The van der Waals surface area contributed by atoms with Crippen LogP contribution in [0.4, 0.5) is 13.2 Å². The molecule has 0 bridgehead atoms. The Bertz CT molecular complexity index is 1040. The number of fused-ring (bicyclic) bond motifs is 1. The molecule has 3 heterocycles. The number of halogens is 4. The molecule has 0 fully saturated rings. The first kappa shape index (κ1) is 19.7. The molecule has 0 amide bonds. The van der Waals surface area contributed by atoms with Crippen molar-refractivity contribution in [2.75, 3.05) is 5.75 Å². The lowest BCUT2D eigenvalue weighted by Gasteiger charge is -2.13. The van der Waals surface area contributed by atoms with E-state index in [-0.39, 0.29) is 17.6 Å². The molecule has 0 atom stereocenters. The topological polar surface area (TPSA) is 39.8 Å². The van der Waals surface area contributed by atoms with Gasteiger partial charge in [-0.15, -0.1) is 23.1 Å². The highest BCUT2D eigenvalue weighted by molar-refractivity contribution is 14.1. The Balaban J connectivity index is 2.34. The summed E-state index contributed by atoms with van der Waals surface area (Å²) >= 11 is 5.37. The third kappa shape index (κ3) is 3.31. The van der Waals surface area contributed by atoms with Crippen molar-refractivity contribution in [3.8, 4) is 10.7 Å². The van der Waals surface area contributed by atoms with E-state index < -0.39 is 17.4 Å². The molecular formula is C16H15F3IN3OS2. The first-order valence-electron chi connectivity index (χ1n) is 7.79. The zero-order valence-corrected chi connectivity index (χ0v) is 17.9. The minimum Gasteiger partial charge on any atom is -0.322 e. The average molecular weight is 513 g/mol. The number of thiophene rings is 1. The molecule has 0 unspecified atom stereocenters. The molecule has 0 aromatic carbocycles. The summed E-state index contributed by atoms with van der Waals surface area (Å²) in [6.07, 6.45) is -4.61. The van der Waals surface area contributed by atoms with Crippen LogP contribution < -0.4 is 5.56 Å². The molecule has 0 saturated carbocycles. The maximum atomic E-state index is 13.3. The van der Waals surface area contributed by atoms with Gasteiger partial charge >= 0.3 is 6.18 Å². The van der Waals surface area contributed by atoms with E-state index in [0.717, 1.165) is 29.0 Å². The van der Waals surface area contributed by atoms with Gasteiger partial charge in [0.05, 0.1) is 13.3 Å². The van der Waals surface area contributed by atoms with Gasteiger partial charge in [-0.1, -0.05) is 6.92 Å². The number of aryl methyl sites for hydroxylation is 1. The molecule has 0 saturated heterocycles. The van der Waals surface area contributed by atoms with Crippen molar-refractivity contribution in [1.82, 2.24) is 14.1 Å². The fraction of sp³-hybridized carbons (Fsp3) is 0.375. The van der Waals surface area contributed by atoms with Gasteiger partial charge in [-0.05, 0) is 47.4 Å². The van der Waals surface area contributed by atoms with Crippen molar-refractivity contribution in [3.63, 3.8) is 0 Å². The van der Waals surface area contributed by atoms with Gasteiger partial charge in [0.1, 0.15) is 11.2 Å².